The van der Waals surface area contributed by atoms with Crippen molar-refractivity contribution in [2.45, 2.75) is 40.7 Å². The third-order valence-electron chi connectivity index (χ3n) is 5.43. The van der Waals surface area contributed by atoms with Crippen molar-refractivity contribution in [3.63, 3.8) is 0 Å². The highest BCUT2D eigenvalue weighted by molar-refractivity contribution is 9.10. The van der Waals surface area contributed by atoms with Crippen LogP contribution in [-0.2, 0) is 0 Å². The quantitative estimate of drug-likeness (QED) is 0.346. The minimum Gasteiger partial charge on any atom is -0.466 e. The molecule has 0 radical (unpaired) electrons. The lowest BCUT2D eigenvalue weighted by molar-refractivity contribution is 0.0994. The molecule has 0 spiro atoms. The summed E-state index contributed by atoms with van der Waals surface area (Å²) in [5.41, 5.74) is 4.70. The van der Waals surface area contributed by atoms with Gasteiger partial charge in [0, 0.05) is 28.8 Å². The number of fused-ring (bicyclic) bond motifs is 1. The molecule has 0 aliphatic carbocycles. The lowest BCUT2D eigenvalue weighted by Gasteiger charge is -2.20. The number of furan rings is 1. The number of carbonyl (C=O) groups excluding carboxylic acids is 1. The maximum absolute atomic E-state index is 13.7. The van der Waals surface area contributed by atoms with Crippen LogP contribution in [0.15, 0.2) is 45.4 Å². The van der Waals surface area contributed by atoms with E-state index in [1.807, 2.05) is 69.6 Å². The van der Waals surface area contributed by atoms with E-state index < -0.39 is 0 Å². The Morgan fingerprint density at radius 3 is 2.52 bits per heavy atom. The van der Waals surface area contributed by atoms with Gasteiger partial charge in [-0.15, -0.1) is 0 Å². The number of nitrogens with zero attached hydrogens (tertiary/aromatic N) is 4. The molecular formula is C24H25BrN4O2. The molecule has 1 amide bonds. The van der Waals surface area contributed by atoms with Gasteiger partial charge in [-0.2, -0.15) is 5.10 Å². The van der Waals surface area contributed by atoms with Gasteiger partial charge < -0.3 is 9.32 Å². The van der Waals surface area contributed by atoms with Crippen molar-refractivity contribution < 1.29 is 9.21 Å². The number of hydrogen-bond acceptors (Lipinski definition) is 4. The van der Waals surface area contributed by atoms with Crippen LogP contribution in [-0.4, -0.2) is 27.7 Å². The number of anilines is 1. The van der Waals surface area contributed by atoms with Crippen LogP contribution in [0.1, 0.15) is 47.3 Å². The van der Waals surface area contributed by atoms with Crippen molar-refractivity contribution in [2.75, 3.05) is 11.9 Å². The zero-order chi connectivity index (χ0) is 22.4. The molecule has 4 rings (SSSR count). The molecule has 3 heterocycles. The van der Waals surface area contributed by atoms with Crippen LogP contribution < -0.4 is 4.90 Å². The zero-order valence-corrected chi connectivity index (χ0v) is 20.1. The molecule has 0 aliphatic rings. The first kappa shape index (κ1) is 21.3. The Labute approximate surface area is 190 Å². The summed E-state index contributed by atoms with van der Waals surface area (Å²) >= 11 is 3.49. The average molecular weight is 481 g/mol. The molecule has 0 bridgehead atoms. The Kier molecular flexibility index (Phi) is 5.47. The summed E-state index contributed by atoms with van der Waals surface area (Å²) in [6, 6.07) is 9.80. The fraction of sp³-hybridized carbons (Fsp3) is 0.292. The highest BCUT2D eigenvalue weighted by atomic mass is 79.9. The number of aryl methyl sites for hydroxylation is 3. The fourth-order valence-electron chi connectivity index (χ4n) is 3.88. The van der Waals surface area contributed by atoms with Gasteiger partial charge in [-0.3, -0.25) is 4.79 Å². The molecule has 4 aromatic rings. The number of amides is 1. The smallest absolute Gasteiger partial charge is 0.258 e. The number of carbonyl (C=O) groups is 1. The summed E-state index contributed by atoms with van der Waals surface area (Å²) < 4.78 is 8.55. The number of hydrogen-bond donors (Lipinski definition) is 0. The lowest BCUT2D eigenvalue weighted by atomic mass is 10.1. The lowest BCUT2D eigenvalue weighted by Crippen LogP contribution is -2.27. The van der Waals surface area contributed by atoms with Crippen LogP contribution in [0.25, 0.3) is 22.3 Å². The van der Waals surface area contributed by atoms with Crippen LogP contribution in [0.3, 0.4) is 0 Å². The molecule has 0 aliphatic heterocycles. The third-order valence-corrected chi connectivity index (χ3v) is 5.92. The van der Waals surface area contributed by atoms with Gasteiger partial charge in [-0.1, -0.05) is 15.9 Å². The first-order valence-electron chi connectivity index (χ1n) is 10.2. The standard InChI is InChI=1S/C24H25BrN4O2/c1-13(2)29-23-20(12-26-29)19(11-21(27-23)18-10-15(4)31-16(18)5)24(30)28(6)22-8-7-17(25)9-14(22)3/h7-13H,1-6H3. The van der Waals surface area contributed by atoms with Crippen molar-refractivity contribution in [1.29, 1.82) is 0 Å². The van der Waals surface area contributed by atoms with Gasteiger partial charge in [-0.05, 0) is 70.5 Å². The number of pyridine rings is 1. The van der Waals surface area contributed by atoms with Crippen LogP contribution >= 0.6 is 15.9 Å². The van der Waals surface area contributed by atoms with Crippen LogP contribution in [0.2, 0.25) is 0 Å². The normalized spacial score (nSPS) is 11.5. The molecule has 0 fully saturated rings. The number of benzene rings is 1. The van der Waals surface area contributed by atoms with Gasteiger partial charge in [0.1, 0.15) is 11.5 Å². The second kappa shape index (κ2) is 7.96. The first-order chi connectivity index (χ1) is 14.7. The third kappa shape index (κ3) is 3.78. The Hall–Kier alpha value is -2.93. The van der Waals surface area contributed by atoms with Gasteiger partial charge in [0.15, 0.2) is 5.65 Å². The predicted molar refractivity (Wildman–Crippen MR) is 127 cm³/mol. The fourth-order valence-corrected chi connectivity index (χ4v) is 4.36. The molecule has 160 valence electrons. The van der Waals surface area contributed by atoms with E-state index in [0.717, 1.165) is 38.2 Å². The van der Waals surface area contributed by atoms with Gasteiger partial charge in [0.05, 0.1) is 22.8 Å². The van der Waals surface area contributed by atoms with Crippen molar-refractivity contribution in [2.24, 2.45) is 0 Å². The number of halogens is 1. The van der Waals surface area contributed by atoms with E-state index in [9.17, 15) is 4.79 Å². The first-order valence-corrected chi connectivity index (χ1v) is 11.0. The topological polar surface area (TPSA) is 64.2 Å². The van der Waals surface area contributed by atoms with E-state index in [-0.39, 0.29) is 11.9 Å². The van der Waals surface area contributed by atoms with E-state index in [2.05, 4.69) is 21.0 Å². The van der Waals surface area contributed by atoms with Crippen LogP contribution in [0, 0.1) is 20.8 Å². The molecule has 0 N–H and O–H groups in total. The molecule has 3 aromatic heterocycles. The Balaban J connectivity index is 1.91. The maximum atomic E-state index is 13.7. The van der Waals surface area contributed by atoms with Gasteiger partial charge >= 0.3 is 0 Å². The van der Waals surface area contributed by atoms with Crippen molar-refractivity contribution in [3.8, 4) is 11.3 Å². The summed E-state index contributed by atoms with van der Waals surface area (Å²) in [7, 11) is 1.80. The highest BCUT2D eigenvalue weighted by Crippen LogP contribution is 2.32. The molecule has 7 heteroatoms. The van der Waals surface area contributed by atoms with Gasteiger partial charge in [-0.25, -0.2) is 9.67 Å². The van der Waals surface area contributed by atoms with Crippen molar-refractivity contribution >= 4 is 38.6 Å². The molecular weight excluding hydrogens is 456 g/mol. The molecule has 0 saturated carbocycles. The minimum atomic E-state index is -0.111. The van der Waals surface area contributed by atoms with E-state index in [1.54, 1.807) is 18.1 Å². The summed E-state index contributed by atoms with van der Waals surface area (Å²) in [4.78, 5) is 20.2. The predicted octanol–water partition coefficient (Wildman–Crippen LogP) is 6.24. The van der Waals surface area contributed by atoms with E-state index >= 15 is 0 Å². The Morgan fingerprint density at radius 2 is 1.90 bits per heavy atom. The second-order valence-corrected chi connectivity index (χ2v) is 9.01. The number of rotatable bonds is 4. The summed E-state index contributed by atoms with van der Waals surface area (Å²) in [6.45, 7) is 9.90. The summed E-state index contributed by atoms with van der Waals surface area (Å²) in [5, 5.41) is 5.25. The van der Waals surface area contributed by atoms with Gasteiger partial charge in [0.2, 0.25) is 0 Å². The molecule has 0 atom stereocenters. The second-order valence-electron chi connectivity index (χ2n) is 8.10. The van der Waals surface area contributed by atoms with E-state index in [0.29, 0.717) is 16.9 Å². The van der Waals surface area contributed by atoms with Crippen LogP contribution in [0.5, 0.6) is 0 Å². The largest absolute Gasteiger partial charge is 0.466 e. The summed E-state index contributed by atoms with van der Waals surface area (Å²) in [6.07, 6.45) is 1.73. The van der Waals surface area contributed by atoms with Crippen molar-refractivity contribution in [1.82, 2.24) is 14.8 Å². The Morgan fingerprint density at radius 1 is 1.16 bits per heavy atom. The monoisotopic (exact) mass is 480 g/mol. The summed E-state index contributed by atoms with van der Waals surface area (Å²) in [5.74, 6) is 1.47. The highest BCUT2D eigenvalue weighted by Gasteiger charge is 2.23. The average Bonchev–Trinajstić information content (AvgIpc) is 3.28. The van der Waals surface area contributed by atoms with E-state index in [4.69, 9.17) is 9.40 Å². The SMILES string of the molecule is Cc1cc(-c2cc(C(=O)N(C)c3ccc(Br)cc3C)c3cnn(C(C)C)c3n2)c(C)o1. The van der Waals surface area contributed by atoms with Crippen molar-refractivity contribution in [3.05, 3.63) is 63.6 Å². The zero-order valence-electron chi connectivity index (χ0n) is 18.5. The molecule has 0 unspecified atom stereocenters. The molecule has 1 aromatic carbocycles. The number of aromatic nitrogens is 3. The molecule has 0 saturated heterocycles. The Bertz CT molecular complexity index is 1300. The van der Waals surface area contributed by atoms with E-state index in [1.165, 1.54) is 0 Å². The molecule has 6 nitrogen and oxygen atoms in total. The van der Waals surface area contributed by atoms with Gasteiger partial charge in [0.25, 0.3) is 5.91 Å². The van der Waals surface area contributed by atoms with Crippen LogP contribution in [0.4, 0.5) is 5.69 Å². The molecule has 31 heavy (non-hydrogen) atoms. The maximum Gasteiger partial charge on any atom is 0.258 e. The minimum absolute atomic E-state index is 0.111.